The van der Waals surface area contributed by atoms with E-state index in [1.165, 1.54) is 21.4 Å². The maximum Gasteiger partial charge on any atom is 0.278 e. The van der Waals surface area contributed by atoms with Crippen molar-refractivity contribution in [3.63, 3.8) is 0 Å². The van der Waals surface area contributed by atoms with Gasteiger partial charge in [-0.15, -0.1) is 5.10 Å². The van der Waals surface area contributed by atoms with Crippen molar-refractivity contribution in [2.75, 3.05) is 18.0 Å². The molecule has 0 saturated carbocycles. The molecule has 7 nitrogen and oxygen atoms in total. The van der Waals surface area contributed by atoms with Crippen LogP contribution in [0.2, 0.25) is 0 Å². The third kappa shape index (κ3) is 4.16. The summed E-state index contributed by atoms with van der Waals surface area (Å²) in [6.07, 6.45) is 6.62. The predicted octanol–water partition coefficient (Wildman–Crippen LogP) is 3.13. The maximum atomic E-state index is 12.9. The Morgan fingerprint density at radius 2 is 1.94 bits per heavy atom. The Morgan fingerprint density at radius 1 is 1.16 bits per heavy atom. The fourth-order valence-corrected chi connectivity index (χ4v) is 5.63. The van der Waals surface area contributed by atoms with Crippen LogP contribution in [0.4, 0.5) is 5.13 Å². The molecule has 3 aromatic rings. The van der Waals surface area contributed by atoms with Gasteiger partial charge in [-0.1, -0.05) is 42.5 Å². The fraction of sp³-hybridized carbons (Fsp3) is 0.500. The van der Waals surface area contributed by atoms with E-state index in [-0.39, 0.29) is 17.4 Å². The van der Waals surface area contributed by atoms with Crippen LogP contribution in [0.25, 0.3) is 4.96 Å². The normalized spacial score (nSPS) is 18.5. The van der Waals surface area contributed by atoms with Crippen molar-refractivity contribution in [3.8, 4) is 0 Å². The molecule has 0 radical (unpaired) electrons. The van der Waals surface area contributed by atoms with Gasteiger partial charge in [-0.25, -0.2) is 4.98 Å². The lowest BCUT2D eigenvalue weighted by Gasteiger charge is -2.31. The Kier molecular flexibility index (Phi) is 5.95. The van der Waals surface area contributed by atoms with Gasteiger partial charge in [0.05, 0.1) is 11.6 Å². The minimum Gasteiger partial charge on any atom is -0.352 e. The molecule has 0 bridgehead atoms. The molecule has 0 spiro atoms. The molecule has 3 heterocycles. The summed E-state index contributed by atoms with van der Waals surface area (Å²) in [6, 6.07) is 8.39. The molecule has 1 N–H and O–H groups in total. The summed E-state index contributed by atoms with van der Waals surface area (Å²) in [6.45, 7) is 4.15. The largest absolute Gasteiger partial charge is 0.352 e. The molecule has 32 heavy (non-hydrogen) atoms. The number of anilines is 1. The van der Waals surface area contributed by atoms with Crippen LogP contribution in [0.1, 0.15) is 55.0 Å². The highest BCUT2D eigenvalue weighted by molar-refractivity contribution is 7.20. The van der Waals surface area contributed by atoms with Gasteiger partial charge in [0.25, 0.3) is 5.56 Å². The molecule has 1 atom stereocenters. The second-order valence-corrected chi connectivity index (χ2v) is 9.74. The first-order valence-electron chi connectivity index (χ1n) is 11.6. The molecular weight excluding hydrogens is 422 g/mol. The number of aromatic nitrogens is 3. The number of fused-ring (bicyclic) bond motifs is 2. The summed E-state index contributed by atoms with van der Waals surface area (Å²) < 4.78 is 1.47. The van der Waals surface area contributed by atoms with Gasteiger partial charge in [0.15, 0.2) is 0 Å². The molecule has 1 aliphatic carbocycles. The first kappa shape index (κ1) is 21.1. The predicted molar refractivity (Wildman–Crippen MR) is 126 cm³/mol. The number of carbonyl (C=O) groups is 1. The van der Waals surface area contributed by atoms with Crippen LogP contribution < -0.4 is 15.8 Å². The first-order chi connectivity index (χ1) is 15.6. The van der Waals surface area contributed by atoms with Gasteiger partial charge in [-0.3, -0.25) is 9.59 Å². The quantitative estimate of drug-likeness (QED) is 0.645. The van der Waals surface area contributed by atoms with Gasteiger partial charge in [-0.2, -0.15) is 4.52 Å². The van der Waals surface area contributed by atoms with E-state index in [0.717, 1.165) is 73.4 Å². The van der Waals surface area contributed by atoms with E-state index in [1.807, 2.05) is 0 Å². The Bertz CT molecular complexity index is 1180. The molecule has 0 unspecified atom stereocenters. The van der Waals surface area contributed by atoms with Crippen molar-refractivity contribution in [2.24, 2.45) is 5.92 Å². The molecule has 2 aliphatic rings. The number of piperidine rings is 1. The third-order valence-electron chi connectivity index (χ3n) is 6.63. The molecule has 1 saturated heterocycles. The number of aryl methyl sites for hydroxylation is 2. The molecule has 168 valence electrons. The van der Waals surface area contributed by atoms with Gasteiger partial charge in [0, 0.05) is 25.2 Å². The molecular formula is C24H29N5O2S. The van der Waals surface area contributed by atoms with E-state index in [2.05, 4.69) is 46.5 Å². The molecule has 1 fully saturated rings. The second-order valence-electron chi connectivity index (χ2n) is 8.80. The zero-order chi connectivity index (χ0) is 22.1. The number of benzene rings is 1. The number of carbonyl (C=O) groups excluding carboxylic acids is 1. The number of hydrogen-bond donors (Lipinski definition) is 1. The summed E-state index contributed by atoms with van der Waals surface area (Å²) in [5, 5.41) is 8.48. The van der Waals surface area contributed by atoms with Gasteiger partial charge in [0.2, 0.25) is 16.0 Å². The van der Waals surface area contributed by atoms with Crippen LogP contribution >= 0.6 is 11.3 Å². The molecule has 1 aromatic carbocycles. The fourth-order valence-electron chi connectivity index (χ4n) is 4.68. The van der Waals surface area contributed by atoms with Crippen molar-refractivity contribution in [1.29, 1.82) is 0 Å². The van der Waals surface area contributed by atoms with E-state index in [9.17, 15) is 9.59 Å². The van der Waals surface area contributed by atoms with Crippen LogP contribution in [0.3, 0.4) is 0 Å². The minimum atomic E-state index is -0.0800. The summed E-state index contributed by atoms with van der Waals surface area (Å²) in [5.41, 5.74) is 4.16. The SMILES string of the molecule is CCc1ccc(CNC(=O)[C@@H]2CCCN(c3nn4c(=O)c5c(nc4s3)CCCC5)C2)cc1. The molecule has 5 rings (SSSR count). The van der Waals surface area contributed by atoms with E-state index in [1.54, 1.807) is 0 Å². The lowest BCUT2D eigenvalue weighted by Crippen LogP contribution is -2.43. The van der Waals surface area contributed by atoms with Crippen molar-refractivity contribution >= 4 is 27.3 Å². The van der Waals surface area contributed by atoms with E-state index < -0.39 is 0 Å². The van der Waals surface area contributed by atoms with Gasteiger partial charge < -0.3 is 10.2 Å². The van der Waals surface area contributed by atoms with Gasteiger partial charge in [0.1, 0.15) is 0 Å². The highest BCUT2D eigenvalue weighted by atomic mass is 32.1. The average molecular weight is 452 g/mol. The Labute approximate surface area is 191 Å². The van der Waals surface area contributed by atoms with Crippen molar-refractivity contribution in [1.82, 2.24) is 19.9 Å². The molecule has 8 heteroatoms. The topological polar surface area (TPSA) is 79.6 Å². The molecule has 2 aromatic heterocycles. The van der Waals surface area contributed by atoms with Crippen molar-refractivity contribution in [3.05, 3.63) is 57.0 Å². The van der Waals surface area contributed by atoms with Crippen LogP contribution in [-0.2, 0) is 30.6 Å². The number of hydrogen-bond acceptors (Lipinski definition) is 6. The first-order valence-corrected chi connectivity index (χ1v) is 12.5. The summed E-state index contributed by atoms with van der Waals surface area (Å²) >= 11 is 1.45. The Morgan fingerprint density at radius 3 is 2.75 bits per heavy atom. The number of nitrogens with zero attached hydrogens (tertiary/aromatic N) is 4. The second kappa shape index (κ2) is 9.02. The minimum absolute atomic E-state index is 0.0207. The van der Waals surface area contributed by atoms with Crippen LogP contribution in [0, 0.1) is 5.92 Å². The lowest BCUT2D eigenvalue weighted by atomic mass is 9.97. The highest BCUT2D eigenvalue weighted by Crippen LogP contribution is 2.28. The number of rotatable bonds is 5. The van der Waals surface area contributed by atoms with Crippen LogP contribution in [-0.4, -0.2) is 33.6 Å². The van der Waals surface area contributed by atoms with Crippen LogP contribution in [0.15, 0.2) is 29.1 Å². The van der Waals surface area contributed by atoms with Crippen LogP contribution in [0.5, 0.6) is 0 Å². The average Bonchev–Trinajstić information content (AvgIpc) is 3.27. The van der Waals surface area contributed by atoms with Gasteiger partial charge in [-0.05, 0) is 56.1 Å². The monoisotopic (exact) mass is 451 g/mol. The van der Waals surface area contributed by atoms with Crippen molar-refractivity contribution < 1.29 is 4.79 Å². The molecule has 1 amide bonds. The number of nitrogens with one attached hydrogen (secondary N) is 1. The lowest BCUT2D eigenvalue weighted by molar-refractivity contribution is -0.125. The van der Waals surface area contributed by atoms with E-state index in [0.29, 0.717) is 18.1 Å². The standard InChI is InChI=1S/C24H29N5O2S/c1-2-16-9-11-17(12-10-16)14-25-21(30)18-6-5-13-28(15-18)24-27-29-22(31)19-7-3-4-8-20(19)26-23(29)32-24/h9-12,18H,2-8,13-15H2,1H3,(H,25,30)/t18-/m1/s1. The summed E-state index contributed by atoms with van der Waals surface area (Å²) in [5.74, 6) is 0.00435. The Balaban J connectivity index is 1.28. The Hall–Kier alpha value is -2.74. The van der Waals surface area contributed by atoms with E-state index >= 15 is 0 Å². The smallest absolute Gasteiger partial charge is 0.278 e. The maximum absolute atomic E-state index is 12.9. The van der Waals surface area contributed by atoms with Crippen molar-refractivity contribution in [2.45, 2.75) is 58.4 Å². The summed E-state index contributed by atoms with van der Waals surface area (Å²) in [7, 11) is 0. The van der Waals surface area contributed by atoms with E-state index in [4.69, 9.17) is 4.98 Å². The number of amides is 1. The molecule has 1 aliphatic heterocycles. The highest BCUT2D eigenvalue weighted by Gasteiger charge is 2.28. The zero-order valence-electron chi connectivity index (χ0n) is 18.5. The van der Waals surface area contributed by atoms with Gasteiger partial charge >= 0.3 is 0 Å². The summed E-state index contributed by atoms with van der Waals surface area (Å²) in [4.78, 5) is 33.3. The third-order valence-corrected chi connectivity index (χ3v) is 7.60. The zero-order valence-corrected chi connectivity index (χ0v) is 19.3.